The highest BCUT2D eigenvalue weighted by molar-refractivity contribution is 5.58. The van der Waals surface area contributed by atoms with E-state index in [1.165, 1.54) is 36.9 Å². The van der Waals surface area contributed by atoms with E-state index in [1.54, 1.807) is 0 Å². The summed E-state index contributed by atoms with van der Waals surface area (Å²) in [5.41, 5.74) is 2.86. The summed E-state index contributed by atoms with van der Waals surface area (Å²) in [7, 11) is 0. The molecule has 0 fully saturated rings. The van der Waals surface area contributed by atoms with E-state index in [-0.39, 0.29) is 0 Å². The minimum atomic E-state index is 1.08. The number of allylic oxidation sites excluding steroid dienone is 1. The molecule has 1 heteroatoms. The second-order valence-electron chi connectivity index (χ2n) is 4.47. The van der Waals surface area contributed by atoms with Gasteiger partial charge in [-0.1, -0.05) is 50.5 Å². The van der Waals surface area contributed by atoms with Crippen LogP contribution in [-0.2, 0) is 6.42 Å². The lowest BCUT2D eigenvalue weighted by atomic mass is 10.1. The Labute approximate surface area is 98.8 Å². The number of unbranched alkanes of at least 4 members (excludes halogenated alkanes) is 3. The zero-order valence-electron chi connectivity index (χ0n) is 10.2. The minimum Gasteiger partial charge on any atom is -0.348 e. The molecule has 1 aliphatic rings. The van der Waals surface area contributed by atoms with Crippen LogP contribution in [0.1, 0.15) is 38.2 Å². The molecule has 1 nitrogen and oxygen atoms in total. The SMILES string of the molecule is CCCCCCN1C=CCc2ccccc21. The van der Waals surface area contributed by atoms with Gasteiger partial charge in [-0.05, 0) is 24.5 Å². The van der Waals surface area contributed by atoms with E-state index in [0.29, 0.717) is 0 Å². The Morgan fingerprint density at radius 1 is 1.12 bits per heavy atom. The van der Waals surface area contributed by atoms with Gasteiger partial charge >= 0.3 is 0 Å². The lowest BCUT2D eigenvalue weighted by Crippen LogP contribution is -2.21. The molecular formula is C15H21N. The van der Waals surface area contributed by atoms with E-state index >= 15 is 0 Å². The highest BCUT2D eigenvalue weighted by atomic mass is 15.1. The molecule has 1 aromatic rings. The Bertz CT molecular complexity index is 354. The first-order chi connectivity index (χ1) is 7.92. The van der Waals surface area contributed by atoms with Gasteiger partial charge in [-0.2, -0.15) is 0 Å². The molecule has 2 rings (SSSR count). The number of anilines is 1. The molecule has 86 valence electrons. The second-order valence-corrected chi connectivity index (χ2v) is 4.47. The van der Waals surface area contributed by atoms with Crippen molar-refractivity contribution in [1.82, 2.24) is 0 Å². The van der Waals surface area contributed by atoms with Gasteiger partial charge in [0.15, 0.2) is 0 Å². The average Bonchev–Trinajstić information content (AvgIpc) is 2.35. The van der Waals surface area contributed by atoms with E-state index in [9.17, 15) is 0 Å². The molecule has 0 aliphatic carbocycles. The highest BCUT2D eigenvalue weighted by Gasteiger charge is 2.10. The van der Waals surface area contributed by atoms with Crippen molar-refractivity contribution < 1.29 is 0 Å². The molecule has 0 atom stereocenters. The third kappa shape index (κ3) is 2.66. The van der Waals surface area contributed by atoms with E-state index in [4.69, 9.17) is 0 Å². The zero-order valence-corrected chi connectivity index (χ0v) is 10.2. The van der Waals surface area contributed by atoms with Crippen LogP contribution < -0.4 is 4.90 Å². The van der Waals surface area contributed by atoms with Gasteiger partial charge < -0.3 is 4.90 Å². The molecule has 0 saturated heterocycles. The van der Waals surface area contributed by atoms with Crippen LogP contribution in [0.15, 0.2) is 36.5 Å². The molecule has 0 N–H and O–H groups in total. The van der Waals surface area contributed by atoms with Gasteiger partial charge in [-0.25, -0.2) is 0 Å². The first-order valence-corrected chi connectivity index (χ1v) is 6.43. The number of nitrogens with zero attached hydrogens (tertiary/aromatic N) is 1. The van der Waals surface area contributed by atoms with E-state index < -0.39 is 0 Å². The maximum absolute atomic E-state index is 2.40. The van der Waals surface area contributed by atoms with Gasteiger partial charge in [-0.15, -0.1) is 0 Å². The van der Waals surface area contributed by atoms with Crippen molar-refractivity contribution in [3.05, 3.63) is 42.1 Å². The lowest BCUT2D eigenvalue weighted by Gasteiger charge is -2.26. The fraction of sp³-hybridized carbons (Fsp3) is 0.467. The van der Waals surface area contributed by atoms with Gasteiger partial charge in [0.1, 0.15) is 0 Å². The third-order valence-electron chi connectivity index (χ3n) is 3.18. The number of fused-ring (bicyclic) bond motifs is 1. The van der Waals surface area contributed by atoms with Gasteiger partial charge in [0, 0.05) is 18.4 Å². The normalized spacial score (nSPS) is 13.9. The molecule has 0 aromatic heterocycles. The number of benzene rings is 1. The van der Waals surface area contributed by atoms with Crippen molar-refractivity contribution in [2.45, 2.75) is 39.0 Å². The summed E-state index contributed by atoms with van der Waals surface area (Å²) in [5.74, 6) is 0. The van der Waals surface area contributed by atoms with Crippen molar-refractivity contribution in [3.63, 3.8) is 0 Å². The van der Waals surface area contributed by atoms with Crippen LogP contribution in [0.2, 0.25) is 0 Å². The van der Waals surface area contributed by atoms with Crippen LogP contribution in [-0.4, -0.2) is 6.54 Å². The molecule has 0 saturated carbocycles. The Morgan fingerprint density at radius 3 is 2.88 bits per heavy atom. The molecular weight excluding hydrogens is 194 g/mol. The van der Waals surface area contributed by atoms with Crippen LogP contribution in [0.25, 0.3) is 0 Å². The first-order valence-electron chi connectivity index (χ1n) is 6.43. The van der Waals surface area contributed by atoms with Crippen molar-refractivity contribution >= 4 is 5.69 Å². The van der Waals surface area contributed by atoms with Crippen molar-refractivity contribution in [2.75, 3.05) is 11.4 Å². The van der Waals surface area contributed by atoms with Gasteiger partial charge in [0.2, 0.25) is 0 Å². The number of para-hydroxylation sites is 1. The Morgan fingerprint density at radius 2 is 2.00 bits per heavy atom. The molecule has 0 radical (unpaired) electrons. The maximum Gasteiger partial charge on any atom is 0.0441 e. The Hall–Kier alpha value is -1.24. The van der Waals surface area contributed by atoms with Crippen LogP contribution in [0, 0.1) is 0 Å². The second kappa shape index (κ2) is 5.74. The molecule has 0 bridgehead atoms. The van der Waals surface area contributed by atoms with Crippen molar-refractivity contribution in [3.8, 4) is 0 Å². The third-order valence-corrected chi connectivity index (χ3v) is 3.18. The zero-order chi connectivity index (χ0) is 11.2. The minimum absolute atomic E-state index is 1.08. The number of hydrogen-bond acceptors (Lipinski definition) is 1. The topological polar surface area (TPSA) is 3.24 Å². The lowest BCUT2D eigenvalue weighted by molar-refractivity contribution is 0.665. The first kappa shape index (κ1) is 11.3. The molecule has 0 spiro atoms. The molecule has 0 amide bonds. The summed E-state index contributed by atoms with van der Waals surface area (Å²) in [4.78, 5) is 2.40. The molecule has 16 heavy (non-hydrogen) atoms. The summed E-state index contributed by atoms with van der Waals surface area (Å²) in [5, 5.41) is 0. The standard InChI is InChI=1S/C15H21N/c1-2-3-4-7-12-16-13-8-10-14-9-5-6-11-15(14)16/h5-6,8-9,11,13H,2-4,7,10,12H2,1H3. The van der Waals surface area contributed by atoms with Gasteiger partial charge in [-0.3, -0.25) is 0 Å². The summed E-state index contributed by atoms with van der Waals surface area (Å²) < 4.78 is 0. The van der Waals surface area contributed by atoms with Crippen LogP contribution in [0.5, 0.6) is 0 Å². The summed E-state index contributed by atoms with van der Waals surface area (Å²) >= 11 is 0. The molecule has 1 aromatic carbocycles. The monoisotopic (exact) mass is 215 g/mol. The maximum atomic E-state index is 2.40. The smallest absolute Gasteiger partial charge is 0.0441 e. The average molecular weight is 215 g/mol. The largest absolute Gasteiger partial charge is 0.348 e. The van der Waals surface area contributed by atoms with E-state index in [2.05, 4.69) is 48.4 Å². The van der Waals surface area contributed by atoms with E-state index in [0.717, 1.165) is 13.0 Å². The highest BCUT2D eigenvalue weighted by Crippen LogP contribution is 2.25. The predicted octanol–water partition coefficient (Wildman–Crippen LogP) is 4.14. The van der Waals surface area contributed by atoms with Crippen molar-refractivity contribution in [2.24, 2.45) is 0 Å². The Balaban J connectivity index is 1.94. The van der Waals surface area contributed by atoms with Gasteiger partial charge in [0.05, 0.1) is 0 Å². The predicted molar refractivity (Wildman–Crippen MR) is 70.8 cm³/mol. The number of rotatable bonds is 5. The fourth-order valence-electron chi connectivity index (χ4n) is 2.25. The van der Waals surface area contributed by atoms with Gasteiger partial charge in [0.25, 0.3) is 0 Å². The molecule has 0 unspecified atom stereocenters. The quantitative estimate of drug-likeness (QED) is 0.667. The Kier molecular flexibility index (Phi) is 4.03. The molecule has 1 aliphatic heterocycles. The van der Waals surface area contributed by atoms with Crippen LogP contribution in [0.3, 0.4) is 0 Å². The number of hydrogen-bond donors (Lipinski definition) is 0. The summed E-state index contributed by atoms with van der Waals surface area (Å²) in [6, 6.07) is 8.74. The van der Waals surface area contributed by atoms with E-state index in [1.807, 2.05) is 0 Å². The fourth-order valence-corrected chi connectivity index (χ4v) is 2.25. The summed E-state index contributed by atoms with van der Waals surface area (Å²) in [6.07, 6.45) is 10.9. The molecule has 1 heterocycles. The van der Waals surface area contributed by atoms with Crippen LogP contribution >= 0.6 is 0 Å². The van der Waals surface area contributed by atoms with Crippen molar-refractivity contribution in [1.29, 1.82) is 0 Å². The summed E-state index contributed by atoms with van der Waals surface area (Å²) in [6.45, 7) is 3.42. The van der Waals surface area contributed by atoms with Crippen LogP contribution in [0.4, 0.5) is 5.69 Å².